The molecule has 6 heteroatoms. The summed E-state index contributed by atoms with van der Waals surface area (Å²) in [5, 5.41) is 12.3. The van der Waals surface area contributed by atoms with E-state index in [0.717, 1.165) is 25.9 Å². The van der Waals surface area contributed by atoms with Crippen molar-refractivity contribution in [2.24, 2.45) is 5.92 Å². The number of anilines is 2. The highest BCUT2D eigenvalue weighted by molar-refractivity contribution is 6.00. The molecule has 1 atom stereocenters. The average Bonchev–Trinajstić information content (AvgIpc) is 2.39. The van der Waals surface area contributed by atoms with Gasteiger partial charge in [-0.3, -0.25) is 0 Å². The molecule has 2 rings (SSSR count). The molecular formula is C14H20FN3O2. The second-order valence-corrected chi connectivity index (χ2v) is 5.34. The van der Waals surface area contributed by atoms with E-state index in [2.05, 4.69) is 17.3 Å². The molecule has 1 aromatic carbocycles. The number of rotatable bonds is 4. The molecule has 0 bridgehead atoms. The first-order chi connectivity index (χ1) is 9.49. The van der Waals surface area contributed by atoms with E-state index < -0.39 is 11.8 Å². The van der Waals surface area contributed by atoms with Gasteiger partial charge in [-0.05, 0) is 44.5 Å². The van der Waals surface area contributed by atoms with Crippen LogP contribution in [0.4, 0.5) is 15.8 Å². The van der Waals surface area contributed by atoms with E-state index in [0.29, 0.717) is 18.2 Å². The van der Waals surface area contributed by atoms with Crippen molar-refractivity contribution in [3.8, 4) is 0 Å². The summed E-state index contributed by atoms with van der Waals surface area (Å²) < 4.78 is 13.3. The van der Waals surface area contributed by atoms with E-state index in [1.165, 1.54) is 12.1 Å². The molecular weight excluding hydrogens is 261 g/mol. The quantitative estimate of drug-likeness (QED) is 0.734. The zero-order valence-electron chi connectivity index (χ0n) is 11.5. The van der Waals surface area contributed by atoms with E-state index in [4.69, 9.17) is 10.8 Å². The highest BCUT2D eigenvalue weighted by Crippen LogP contribution is 2.26. The molecule has 110 valence electrons. The Hall–Kier alpha value is -1.82. The number of benzene rings is 1. The van der Waals surface area contributed by atoms with Crippen LogP contribution in [0.25, 0.3) is 0 Å². The van der Waals surface area contributed by atoms with Crippen LogP contribution in [-0.2, 0) is 0 Å². The van der Waals surface area contributed by atoms with Crippen LogP contribution in [0.5, 0.6) is 0 Å². The van der Waals surface area contributed by atoms with Gasteiger partial charge in [0.05, 0.1) is 11.4 Å². The van der Waals surface area contributed by atoms with Crippen LogP contribution in [-0.4, -0.2) is 42.7 Å². The van der Waals surface area contributed by atoms with Gasteiger partial charge in [0.25, 0.3) is 0 Å². The van der Waals surface area contributed by atoms with Crippen molar-refractivity contribution >= 4 is 17.3 Å². The molecule has 0 amide bonds. The van der Waals surface area contributed by atoms with Crippen LogP contribution >= 0.6 is 0 Å². The van der Waals surface area contributed by atoms with Gasteiger partial charge in [0.2, 0.25) is 0 Å². The SMILES string of the molecule is CN1CCCC(CNc2ccc(F)c(N)c2C(=O)O)C1. The molecule has 1 fully saturated rings. The summed E-state index contributed by atoms with van der Waals surface area (Å²) in [6.45, 7) is 2.74. The number of nitrogens with one attached hydrogen (secondary N) is 1. The number of hydrogen-bond donors (Lipinski definition) is 3. The molecule has 0 radical (unpaired) electrons. The fraction of sp³-hybridized carbons (Fsp3) is 0.500. The molecule has 1 aliphatic heterocycles. The minimum absolute atomic E-state index is 0.186. The van der Waals surface area contributed by atoms with Gasteiger partial charge in [-0.25, -0.2) is 9.18 Å². The standard InChI is InChI=1S/C14H20FN3O2/c1-18-6-2-3-9(8-18)7-17-11-5-4-10(15)13(16)12(11)14(19)20/h4-5,9,17H,2-3,6-8,16H2,1H3,(H,19,20). The molecule has 0 aromatic heterocycles. The third kappa shape index (κ3) is 3.19. The summed E-state index contributed by atoms with van der Waals surface area (Å²) in [4.78, 5) is 13.5. The normalized spacial score (nSPS) is 19.8. The van der Waals surface area contributed by atoms with Crippen molar-refractivity contribution in [3.05, 3.63) is 23.5 Å². The predicted octanol–water partition coefficient (Wildman–Crippen LogP) is 1.86. The zero-order chi connectivity index (χ0) is 14.7. The lowest BCUT2D eigenvalue weighted by atomic mass is 9.98. The van der Waals surface area contributed by atoms with Crippen molar-refractivity contribution in [1.29, 1.82) is 0 Å². The zero-order valence-corrected chi connectivity index (χ0v) is 11.5. The van der Waals surface area contributed by atoms with Gasteiger partial charge in [-0.15, -0.1) is 0 Å². The van der Waals surface area contributed by atoms with E-state index in [9.17, 15) is 9.18 Å². The van der Waals surface area contributed by atoms with Gasteiger partial charge >= 0.3 is 5.97 Å². The largest absolute Gasteiger partial charge is 0.478 e. The summed E-state index contributed by atoms with van der Waals surface area (Å²) in [5.41, 5.74) is 5.39. The molecule has 0 spiro atoms. The fourth-order valence-electron chi connectivity index (χ4n) is 2.67. The molecule has 1 heterocycles. The van der Waals surface area contributed by atoms with Gasteiger partial charge in [0.1, 0.15) is 11.4 Å². The van der Waals surface area contributed by atoms with Crippen LogP contribution in [0, 0.1) is 11.7 Å². The van der Waals surface area contributed by atoms with Crippen LogP contribution < -0.4 is 11.1 Å². The minimum Gasteiger partial charge on any atom is -0.478 e. The Bertz CT molecular complexity index is 507. The third-order valence-corrected chi connectivity index (χ3v) is 3.71. The summed E-state index contributed by atoms with van der Waals surface area (Å²) >= 11 is 0. The van der Waals surface area contributed by atoms with Crippen molar-refractivity contribution in [2.75, 3.05) is 37.7 Å². The van der Waals surface area contributed by atoms with Crippen molar-refractivity contribution in [2.45, 2.75) is 12.8 Å². The van der Waals surface area contributed by atoms with Crippen molar-refractivity contribution < 1.29 is 14.3 Å². The number of hydrogen-bond acceptors (Lipinski definition) is 4. The van der Waals surface area contributed by atoms with Gasteiger partial charge in [-0.2, -0.15) is 0 Å². The molecule has 4 N–H and O–H groups in total. The van der Waals surface area contributed by atoms with Gasteiger partial charge in [0.15, 0.2) is 0 Å². The Morgan fingerprint density at radius 2 is 2.35 bits per heavy atom. The summed E-state index contributed by atoms with van der Waals surface area (Å²) in [6.07, 6.45) is 2.25. The number of halogens is 1. The maximum absolute atomic E-state index is 13.3. The number of nitrogens with zero attached hydrogens (tertiary/aromatic N) is 1. The Morgan fingerprint density at radius 1 is 1.60 bits per heavy atom. The topological polar surface area (TPSA) is 78.6 Å². The highest BCUT2D eigenvalue weighted by Gasteiger charge is 2.20. The lowest BCUT2D eigenvalue weighted by Crippen LogP contribution is -2.35. The summed E-state index contributed by atoms with van der Waals surface area (Å²) in [7, 11) is 2.07. The van der Waals surface area contributed by atoms with Crippen LogP contribution in [0.15, 0.2) is 12.1 Å². The predicted molar refractivity (Wildman–Crippen MR) is 76.5 cm³/mol. The van der Waals surface area contributed by atoms with E-state index in [1.807, 2.05) is 0 Å². The second-order valence-electron chi connectivity index (χ2n) is 5.34. The van der Waals surface area contributed by atoms with Crippen LogP contribution in [0.3, 0.4) is 0 Å². The van der Waals surface area contributed by atoms with Gasteiger partial charge in [0, 0.05) is 13.1 Å². The third-order valence-electron chi connectivity index (χ3n) is 3.71. The van der Waals surface area contributed by atoms with Crippen LogP contribution in [0.2, 0.25) is 0 Å². The molecule has 1 aromatic rings. The maximum Gasteiger partial charge on any atom is 0.340 e. The molecule has 20 heavy (non-hydrogen) atoms. The number of carbonyl (C=O) groups is 1. The minimum atomic E-state index is -1.22. The average molecular weight is 281 g/mol. The van der Waals surface area contributed by atoms with E-state index in [-0.39, 0.29) is 11.3 Å². The van der Waals surface area contributed by atoms with E-state index in [1.54, 1.807) is 0 Å². The second kappa shape index (κ2) is 6.09. The van der Waals surface area contributed by atoms with E-state index >= 15 is 0 Å². The lowest BCUT2D eigenvalue weighted by Gasteiger charge is -2.30. The molecule has 0 aliphatic carbocycles. The number of carboxylic acids is 1. The smallest absolute Gasteiger partial charge is 0.340 e. The Morgan fingerprint density at radius 3 is 3.00 bits per heavy atom. The highest BCUT2D eigenvalue weighted by atomic mass is 19.1. The number of carboxylic acid groups (broad SMARTS) is 1. The molecule has 5 nitrogen and oxygen atoms in total. The number of nitrogens with two attached hydrogens (primary N) is 1. The number of piperidine rings is 1. The lowest BCUT2D eigenvalue weighted by molar-refractivity contribution is 0.0698. The molecule has 0 saturated carbocycles. The summed E-state index contributed by atoms with van der Waals surface area (Å²) in [6, 6.07) is 2.62. The first kappa shape index (κ1) is 14.6. The number of likely N-dealkylation sites (tertiary alicyclic amines) is 1. The first-order valence-electron chi connectivity index (χ1n) is 6.72. The Kier molecular flexibility index (Phi) is 4.44. The Labute approximate surface area is 117 Å². The van der Waals surface area contributed by atoms with Crippen molar-refractivity contribution in [3.63, 3.8) is 0 Å². The van der Waals surface area contributed by atoms with Gasteiger partial charge in [-0.1, -0.05) is 0 Å². The van der Waals surface area contributed by atoms with Crippen molar-refractivity contribution in [1.82, 2.24) is 4.90 Å². The fourth-order valence-corrected chi connectivity index (χ4v) is 2.67. The van der Waals surface area contributed by atoms with Gasteiger partial charge < -0.3 is 21.1 Å². The summed E-state index contributed by atoms with van der Waals surface area (Å²) in [5.74, 6) is -1.46. The van der Waals surface area contributed by atoms with Crippen LogP contribution in [0.1, 0.15) is 23.2 Å². The molecule has 1 aliphatic rings. The Balaban J connectivity index is 2.09. The molecule has 1 unspecified atom stereocenters. The molecule has 1 saturated heterocycles. The first-order valence-corrected chi connectivity index (χ1v) is 6.72. The number of nitrogen functional groups attached to an aromatic ring is 1. The number of aromatic carboxylic acids is 1. The maximum atomic E-state index is 13.3. The monoisotopic (exact) mass is 281 g/mol.